The number of nitrogens with one attached hydrogen (secondary N) is 1. The lowest BCUT2D eigenvalue weighted by molar-refractivity contribution is -0.132. The molecule has 3 atom stereocenters. The highest BCUT2D eigenvalue weighted by Crippen LogP contribution is 2.29. The van der Waals surface area contributed by atoms with E-state index in [2.05, 4.69) is 12.2 Å². The first-order valence-electron chi connectivity index (χ1n) is 6.92. The fourth-order valence-electron chi connectivity index (χ4n) is 2.51. The van der Waals surface area contributed by atoms with Crippen LogP contribution >= 0.6 is 0 Å². The number of rotatable bonds is 4. The highest BCUT2D eigenvalue weighted by molar-refractivity contribution is 5.84. The number of amides is 1. The van der Waals surface area contributed by atoms with Gasteiger partial charge in [0.25, 0.3) is 0 Å². The summed E-state index contributed by atoms with van der Waals surface area (Å²) in [4.78, 5) is 14.3. The minimum absolute atomic E-state index is 0.135. The van der Waals surface area contributed by atoms with Gasteiger partial charge < -0.3 is 4.90 Å². The monoisotopic (exact) mass is 264 g/mol. The molecular formula is C15H21FN2O. The molecule has 1 aliphatic heterocycles. The van der Waals surface area contributed by atoms with E-state index in [4.69, 9.17) is 0 Å². The van der Waals surface area contributed by atoms with E-state index in [1.54, 1.807) is 12.1 Å². The van der Waals surface area contributed by atoms with Gasteiger partial charge in [-0.05, 0) is 37.5 Å². The quantitative estimate of drug-likeness (QED) is 0.907. The third-order valence-corrected chi connectivity index (χ3v) is 3.85. The number of halogens is 1. The first kappa shape index (κ1) is 14.0. The van der Waals surface area contributed by atoms with Gasteiger partial charge in [0.2, 0.25) is 5.91 Å². The molecule has 1 aliphatic rings. The lowest BCUT2D eigenvalue weighted by atomic mass is 10.1. The van der Waals surface area contributed by atoms with Gasteiger partial charge >= 0.3 is 0 Å². The average molecular weight is 264 g/mol. The first-order chi connectivity index (χ1) is 9.08. The van der Waals surface area contributed by atoms with Gasteiger partial charge in [0, 0.05) is 6.04 Å². The summed E-state index contributed by atoms with van der Waals surface area (Å²) in [5.41, 5.74) is 0.936. The van der Waals surface area contributed by atoms with Crippen LogP contribution in [0.2, 0.25) is 0 Å². The maximum absolute atomic E-state index is 13.0. The summed E-state index contributed by atoms with van der Waals surface area (Å²) >= 11 is 0. The molecule has 0 aromatic heterocycles. The van der Waals surface area contributed by atoms with E-state index in [-0.39, 0.29) is 30.0 Å². The summed E-state index contributed by atoms with van der Waals surface area (Å²) in [6, 6.07) is 6.41. The molecule has 0 saturated carbocycles. The fraction of sp³-hybridized carbons (Fsp3) is 0.533. The van der Waals surface area contributed by atoms with E-state index in [1.165, 1.54) is 12.1 Å². The van der Waals surface area contributed by atoms with Crippen molar-refractivity contribution in [2.75, 3.05) is 0 Å². The maximum atomic E-state index is 13.0. The Kier molecular flexibility index (Phi) is 4.20. The van der Waals surface area contributed by atoms with Gasteiger partial charge in [0.1, 0.15) is 12.0 Å². The maximum Gasteiger partial charge on any atom is 0.241 e. The van der Waals surface area contributed by atoms with Crippen LogP contribution in [0, 0.1) is 5.82 Å². The molecule has 3 unspecified atom stereocenters. The van der Waals surface area contributed by atoms with Gasteiger partial charge in [0.15, 0.2) is 0 Å². The number of hydrogen-bond acceptors (Lipinski definition) is 2. The van der Waals surface area contributed by atoms with E-state index in [0.717, 1.165) is 18.4 Å². The molecule has 1 heterocycles. The Morgan fingerprint density at radius 1 is 1.32 bits per heavy atom. The summed E-state index contributed by atoms with van der Waals surface area (Å²) in [6.07, 6.45) is 1.53. The molecular weight excluding hydrogens is 243 g/mol. The average Bonchev–Trinajstić information content (AvgIpc) is 2.75. The molecule has 2 rings (SSSR count). The highest BCUT2D eigenvalue weighted by atomic mass is 19.1. The van der Waals surface area contributed by atoms with Crippen LogP contribution in [0.3, 0.4) is 0 Å². The molecule has 1 aromatic rings. The van der Waals surface area contributed by atoms with E-state index in [1.807, 2.05) is 18.7 Å². The normalized spacial score (nSPS) is 24.8. The van der Waals surface area contributed by atoms with Crippen LogP contribution in [0.5, 0.6) is 0 Å². The van der Waals surface area contributed by atoms with E-state index < -0.39 is 0 Å². The zero-order valence-electron chi connectivity index (χ0n) is 11.7. The van der Waals surface area contributed by atoms with Gasteiger partial charge in [-0.1, -0.05) is 26.0 Å². The molecule has 0 spiro atoms. The van der Waals surface area contributed by atoms with Crippen LogP contribution in [-0.2, 0) is 4.79 Å². The Morgan fingerprint density at radius 3 is 2.47 bits per heavy atom. The standard InChI is InChI=1S/C15H21FN2O/c1-4-10(3)18-14(17-13(5-2)15(18)19)11-6-8-12(16)9-7-11/h6-10,13-14,17H,4-5H2,1-3H3. The van der Waals surface area contributed by atoms with Crippen molar-refractivity contribution in [3.63, 3.8) is 0 Å². The number of nitrogens with zero attached hydrogens (tertiary/aromatic N) is 1. The number of hydrogen-bond donors (Lipinski definition) is 1. The van der Waals surface area contributed by atoms with Gasteiger partial charge in [-0.15, -0.1) is 0 Å². The van der Waals surface area contributed by atoms with Crippen molar-refractivity contribution in [3.8, 4) is 0 Å². The van der Waals surface area contributed by atoms with Crippen molar-refractivity contribution >= 4 is 5.91 Å². The second-order valence-corrected chi connectivity index (χ2v) is 5.08. The van der Waals surface area contributed by atoms with Crippen molar-refractivity contribution in [2.24, 2.45) is 0 Å². The SMILES string of the molecule is CCC1NC(c2ccc(F)cc2)N(C(C)CC)C1=O. The Labute approximate surface area is 113 Å². The first-order valence-corrected chi connectivity index (χ1v) is 6.92. The third-order valence-electron chi connectivity index (χ3n) is 3.85. The zero-order valence-corrected chi connectivity index (χ0v) is 11.7. The molecule has 104 valence electrons. The molecule has 3 nitrogen and oxygen atoms in total. The van der Waals surface area contributed by atoms with Crippen molar-refractivity contribution < 1.29 is 9.18 Å². The topological polar surface area (TPSA) is 32.3 Å². The molecule has 19 heavy (non-hydrogen) atoms. The van der Waals surface area contributed by atoms with Crippen molar-refractivity contribution in [2.45, 2.75) is 51.9 Å². The van der Waals surface area contributed by atoms with E-state index >= 15 is 0 Å². The van der Waals surface area contributed by atoms with Crippen LogP contribution in [-0.4, -0.2) is 22.9 Å². The second-order valence-electron chi connectivity index (χ2n) is 5.08. The molecule has 1 saturated heterocycles. The number of carbonyl (C=O) groups excluding carboxylic acids is 1. The molecule has 0 aliphatic carbocycles. The molecule has 1 fully saturated rings. The summed E-state index contributed by atoms with van der Waals surface area (Å²) in [5, 5.41) is 3.35. The van der Waals surface area contributed by atoms with Crippen LogP contribution in [0.15, 0.2) is 24.3 Å². The molecule has 4 heteroatoms. The van der Waals surface area contributed by atoms with Crippen molar-refractivity contribution in [1.29, 1.82) is 0 Å². The summed E-state index contributed by atoms with van der Waals surface area (Å²) in [5.74, 6) is -0.110. The minimum atomic E-state index is -0.254. The zero-order chi connectivity index (χ0) is 14.0. The number of benzene rings is 1. The van der Waals surface area contributed by atoms with E-state index in [9.17, 15) is 9.18 Å². The lowest BCUT2D eigenvalue weighted by Gasteiger charge is -2.30. The van der Waals surface area contributed by atoms with Crippen LogP contribution in [0.25, 0.3) is 0 Å². The molecule has 0 bridgehead atoms. The highest BCUT2D eigenvalue weighted by Gasteiger charge is 2.40. The predicted molar refractivity (Wildman–Crippen MR) is 73.0 cm³/mol. The Bertz CT molecular complexity index is 446. The largest absolute Gasteiger partial charge is 0.319 e. The van der Waals surface area contributed by atoms with Gasteiger partial charge in [-0.2, -0.15) is 0 Å². The van der Waals surface area contributed by atoms with Crippen molar-refractivity contribution in [1.82, 2.24) is 10.2 Å². The molecule has 0 radical (unpaired) electrons. The third kappa shape index (κ3) is 2.63. The lowest BCUT2D eigenvalue weighted by Crippen LogP contribution is -2.38. The van der Waals surface area contributed by atoms with E-state index in [0.29, 0.717) is 0 Å². The molecule has 1 amide bonds. The Balaban J connectivity index is 2.31. The fourth-order valence-corrected chi connectivity index (χ4v) is 2.51. The predicted octanol–water partition coefficient (Wildman–Crippen LogP) is 2.83. The summed E-state index contributed by atoms with van der Waals surface area (Å²) < 4.78 is 13.0. The Morgan fingerprint density at radius 2 is 1.95 bits per heavy atom. The van der Waals surface area contributed by atoms with Gasteiger partial charge in [-0.25, -0.2) is 4.39 Å². The summed E-state index contributed by atoms with van der Waals surface area (Å²) in [7, 11) is 0. The van der Waals surface area contributed by atoms with Crippen LogP contribution in [0.4, 0.5) is 4.39 Å². The van der Waals surface area contributed by atoms with Crippen molar-refractivity contribution in [3.05, 3.63) is 35.6 Å². The smallest absolute Gasteiger partial charge is 0.241 e. The summed E-state index contributed by atoms with van der Waals surface area (Å²) in [6.45, 7) is 6.12. The Hall–Kier alpha value is -1.42. The van der Waals surface area contributed by atoms with Crippen LogP contribution < -0.4 is 5.32 Å². The minimum Gasteiger partial charge on any atom is -0.319 e. The molecule has 1 aromatic carbocycles. The number of carbonyl (C=O) groups is 1. The second kappa shape index (κ2) is 5.70. The van der Waals surface area contributed by atoms with Gasteiger partial charge in [-0.3, -0.25) is 10.1 Å². The molecule has 1 N–H and O–H groups in total. The van der Waals surface area contributed by atoms with Crippen LogP contribution in [0.1, 0.15) is 45.3 Å². The van der Waals surface area contributed by atoms with Gasteiger partial charge in [0.05, 0.1) is 6.04 Å².